The van der Waals surface area contributed by atoms with E-state index in [1.54, 1.807) is 28.0 Å². The van der Waals surface area contributed by atoms with Crippen LogP contribution in [0.1, 0.15) is 10.4 Å². The second-order valence-electron chi connectivity index (χ2n) is 4.28. The highest BCUT2D eigenvalue weighted by atomic mass is 35.5. The summed E-state index contributed by atoms with van der Waals surface area (Å²) in [6.07, 6.45) is 0.812. The summed E-state index contributed by atoms with van der Waals surface area (Å²) in [7, 11) is 1.53. The average Bonchev–Trinajstić information content (AvgIpc) is 2.46. The Labute approximate surface area is 116 Å². The van der Waals surface area contributed by atoms with Gasteiger partial charge in [0.15, 0.2) is 0 Å². The normalized spacial score (nSPS) is 15.3. The van der Waals surface area contributed by atoms with Crippen LogP contribution in [0.2, 0.25) is 5.02 Å². The van der Waals surface area contributed by atoms with E-state index in [4.69, 9.17) is 16.3 Å². The maximum atomic E-state index is 12.3. The van der Waals surface area contributed by atoms with Gasteiger partial charge in [0.05, 0.1) is 12.1 Å². The zero-order valence-corrected chi connectivity index (χ0v) is 11.4. The first-order valence-corrected chi connectivity index (χ1v) is 6.35. The van der Waals surface area contributed by atoms with Crippen LogP contribution in [-0.2, 0) is 4.79 Å². The van der Waals surface area contributed by atoms with Crippen molar-refractivity contribution in [2.45, 2.75) is 0 Å². The summed E-state index contributed by atoms with van der Waals surface area (Å²) in [6, 6.07) is 4.98. The Morgan fingerprint density at radius 2 is 2.00 bits per heavy atom. The van der Waals surface area contributed by atoms with E-state index >= 15 is 0 Å². The number of ether oxygens (including phenoxy) is 1. The zero-order valence-electron chi connectivity index (χ0n) is 10.6. The van der Waals surface area contributed by atoms with Gasteiger partial charge >= 0.3 is 0 Å². The molecule has 0 unspecified atom stereocenters. The third-order valence-corrected chi connectivity index (χ3v) is 3.44. The van der Waals surface area contributed by atoms with E-state index in [0.717, 1.165) is 6.41 Å². The number of carbonyl (C=O) groups is 2. The number of methoxy groups -OCH3 is 1. The van der Waals surface area contributed by atoms with Gasteiger partial charge in [0, 0.05) is 31.7 Å². The molecule has 5 nitrogen and oxygen atoms in total. The van der Waals surface area contributed by atoms with Crippen molar-refractivity contribution in [1.29, 1.82) is 0 Å². The van der Waals surface area contributed by atoms with Gasteiger partial charge in [-0.3, -0.25) is 9.59 Å². The monoisotopic (exact) mass is 282 g/mol. The van der Waals surface area contributed by atoms with Crippen LogP contribution in [0, 0.1) is 0 Å². The van der Waals surface area contributed by atoms with Gasteiger partial charge in [0.1, 0.15) is 5.75 Å². The van der Waals surface area contributed by atoms with Crippen molar-refractivity contribution in [2.75, 3.05) is 33.3 Å². The number of hydrogen-bond acceptors (Lipinski definition) is 3. The second-order valence-corrected chi connectivity index (χ2v) is 4.69. The van der Waals surface area contributed by atoms with Gasteiger partial charge in [-0.2, -0.15) is 0 Å². The molecular formula is C13H15ClN2O3. The van der Waals surface area contributed by atoms with E-state index < -0.39 is 0 Å². The van der Waals surface area contributed by atoms with Crippen LogP contribution in [0.5, 0.6) is 5.75 Å². The lowest BCUT2D eigenvalue weighted by Crippen LogP contribution is -2.48. The van der Waals surface area contributed by atoms with Crippen molar-refractivity contribution in [2.24, 2.45) is 0 Å². The Hall–Kier alpha value is -1.75. The smallest absolute Gasteiger partial charge is 0.254 e. The molecule has 1 aromatic carbocycles. The summed E-state index contributed by atoms with van der Waals surface area (Å²) in [5.41, 5.74) is 0.533. The van der Waals surface area contributed by atoms with Crippen LogP contribution >= 0.6 is 11.6 Å². The molecule has 6 heteroatoms. The molecule has 1 saturated heterocycles. The first kappa shape index (κ1) is 13.7. The Morgan fingerprint density at radius 1 is 1.32 bits per heavy atom. The van der Waals surface area contributed by atoms with Crippen LogP contribution in [0.15, 0.2) is 18.2 Å². The lowest BCUT2D eigenvalue weighted by atomic mass is 10.1. The molecule has 0 atom stereocenters. The molecule has 1 heterocycles. The number of carbonyl (C=O) groups excluding carboxylic acids is 2. The summed E-state index contributed by atoms with van der Waals surface area (Å²) in [4.78, 5) is 26.3. The van der Waals surface area contributed by atoms with Crippen LogP contribution in [0.25, 0.3) is 0 Å². The standard InChI is InChI=1S/C13H15ClN2O3/c1-19-12-3-2-10(8-11(12)14)13(18)16-6-4-15(9-17)5-7-16/h2-3,8-9H,4-7H2,1H3. The highest BCUT2D eigenvalue weighted by Gasteiger charge is 2.21. The minimum absolute atomic E-state index is 0.0740. The van der Waals surface area contributed by atoms with E-state index in [1.807, 2.05) is 0 Å². The van der Waals surface area contributed by atoms with Crippen molar-refractivity contribution < 1.29 is 14.3 Å². The fraction of sp³-hybridized carbons (Fsp3) is 0.385. The van der Waals surface area contributed by atoms with Crippen LogP contribution in [0.3, 0.4) is 0 Å². The molecule has 2 rings (SSSR count). The van der Waals surface area contributed by atoms with Gasteiger partial charge in [-0.1, -0.05) is 11.6 Å². The quantitative estimate of drug-likeness (QED) is 0.785. The molecule has 1 fully saturated rings. The number of nitrogens with zero attached hydrogens (tertiary/aromatic N) is 2. The minimum Gasteiger partial charge on any atom is -0.495 e. The third-order valence-electron chi connectivity index (χ3n) is 3.15. The van der Waals surface area contributed by atoms with Crippen molar-refractivity contribution >= 4 is 23.9 Å². The van der Waals surface area contributed by atoms with Crippen molar-refractivity contribution in [3.8, 4) is 5.75 Å². The molecule has 1 aliphatic heterocycles. The molecule has 2 amide bonds. The van der Waals surface area contributed by atoms with Crippen molar-refractivity contribution in [3.05, 3.63) is 28.8 Å². The molecular weight excluding hydrogens is 268 g/mol. The summed E-state index contributed by atoms with van der Waals surface area (Å²) in [5, 5.41) is 0.417. The molecule has 1 aromatic rings. The largest absolute Gasteiger partial charge is 0.495 e. The lowest BCUT2D eigenvalue weighted by Gasteiger charge is -2.32. The Kier molecular flexibility index (Phi) is 4.27. The van der Waals surface area contributed by atoms with E-state index in [1.165, 1.54) is 7.11 Å². The Bertz CT molecular complexity index is 485. The SMILES string of the molecule is COc1ccc(C(=O)N2CCN(C=O)CC2)cc1Cl. The van der Waals surface area contributed by atoms with E-state index in [-0.39, 0.29) is 5.91 Å². The van der Waals surface area contributed by atoms with Gasteiger partial charge in [-0.15, -0.1) is 0 Å². The molecule has 19 heavy (non-hydrogen) atoms. The average molecular weight is 283 g/mol. The van der Waals surface area contributed by atoms with Gasteiger partial charge in [0.25, 0.3) is 5.91 Å². The highest BCUT2D eigenvalue weighted by molar-refractivity contribution is 6.32. The number of amides is 2. The molecule has 0 bridgehead atoms. The number of piperazine rings is 1. The van der Waals surface area contributed by atoms with Crippen molar-refractivity contribution in [1.82, 2.24) is 9.80 Å². The molecule has 0 N–H and O–H groups in total. The number of benzene rings is 1. The zero-order chi connectivity index (χ0) is 13.8. The number of hydrogen-bond donors (Lipinski definition) is 0. The predicted octanol–water partition coefficient (Wildman–Crippen LogP) is 1.26. The number of rotatable bonds is 3. The molecule has 0 radical (unpaired) electrons. The predicted molar refractivity (Wildman–Crippen MR) is 71.5 cm³/mol. The van der Waals surface area contributed by atoms with E-state index in [0.29, 0.717) is 42.5 Å². The summed E-state index contributed by atoms with van der Waals surface area (Å²) in [6.45, 7) is 2.22. The fourth-order valence-corrected chi connectivity index (χ4v) is 2.27. The molecule has 0 aliphatic carbocycles. The first-order valence-electron chi connectivity index (χ1n) is 5.98. The first-order chi connectivity index (χ1) is 9.15. The highest BCUT2D eigenvalue weighted by Crippen LogP contribution is 2.25. The Morgan fingerprint density at radius 3 is 2.53 bits per heavy atom. The number of halogens is 1. The third kappa shape index (κ3) is 2.98. The van der Waals surface area contributed by atoms with Crippen LogP contribution in [-0.4, -0.2) is 55.4 Å². The van der Waals surface area contributed by atoms with Gasteiger partial charge < -0.3 is 14.5 Å². The molecule has 1 aliphatic rings. The molecule has 0 saturated carbocycles. The lowest BCUT2D eigenvalue weighted by molar-refractivity contribution is -0.119. The second kappa shape index (κ2) is 5.93. The maximum Gasteiger partial charge on any atom is 0.254 e. The van der Waals surface area contributed by atoms with E-state index in [9.17, 15) is 9.59 Å². The van der Waals surface area contributed by atoms with Gasteiger partial charge in [-0.05, 0) is 18.2 Å². The van der Waals surface area contributed by atoms with Crippen LogP contribution in [0.4, 0.5) is 0 Å². The Balaban J connectivity index is 2.08. The summed E-state index contributed by atoms with van der Waals surface area (Å²) in [5.74, 6) is 0.471. The minimum atomic E-state index is -0.0740. The summed E-state index contributed by atoms with van der Waals surface area (Å²) < 4.78 is 5.05. The van der Waals surface area contributed by atoms with Crippen molar-refractivity contribution in [3.63, 3.8) is 0 Å². The van der Waals surface area contributed by atoms with Gasteiger partial charge in [-0.25, -0.2) is 0 Å². The maximum absolute atomic E-state index is 12.3. The topological polar surface area (TPSA) is 49.9 Å². The molecule has 0 spiro atoms. The fourth-order valence-electron chi connectivity index (χ4n) is 2.01. The molecule has 0 aromatic heterocycles. The summed E-state index contributed by atoms with van der Waals surface area (Å²) >= 11 is 6.01. The van der Waals surface area contributed by atoms with Crippen LogP contribution < -0.4 is 4.74 Å². The van der Waals surface area contributed by atoms with Gasteiger partial charge in [0.2, 0.25) is 6.41 Å². The van der Waals surface area contributed by atoms with E-state index in [2.05, 4.69) is 0 Å². The molecule has 102 valence electrons.